The Balaban J connectivity index is 1.73. The van der Waals surface area contributed by atoms with E-state index in [2.05, 4.69) is 0 Å². The fourth-order valence-corrected chi connectivity index (χ4v) is 6.86. The summed E-state index contributed by atoms with van der Waals surface area (Å²) in [7, 11) is 0. The van der Waals surface area contributed by atoms with E-state index in [1.807, 2.05) is 26.0 Å². The maximum absolute atomic E-state index is 15.7. The molecule has 2 fully saturated rings. The predicted molar refractivity (Wildman–Crippen MR) is 111 cm³/mol. The van der Waals surface area contributed by atoms with Crippen LogP contribution in [0.3, 0.4) is 0 Å². The van der Waals surface area contributed by atoms with Gasteiger partial charge >= 0.3 is 0 Å². The van der Waals surface area contributed by atoms with Crippen molar-refractivity contribution in [2.45, 2.75) is 77.3 Å². The van der Waals surface area contributed by atoms with Gasteiger partial charge < -0.3 is 5.11 Å². The summed E-state index contributed by atoms with van der Waals surface area (Å²) in [5.74, 6) is 2.03. The Morgan fingerprint density at radius 3 is 2.82 bits per heavy atom. The Hall–Kier alpha value is -1.09. The molecule has 3 aliphatic carbocycles. The van der Waals surface area contributed by atoms with E-state index >= 15 is 4.39 Å². The topological polar surface area (TPSA) is 37.3 Å². The number of hydrogen-bond donors (Lipinski definition) is 1. The summed E-state index contributed by atoms with van der Waals surface area (Å²) < 4.78 is 15.7. The molecule has 2 saturated carbocycles. The summed E-state index contributed by atoms with van der Waals surface area (Å²) in [6.45, 7) is 3.92. The minimum Gasteiger partial charge on any atom is -0.508 e. The molecule has 2 nitrogen and oxygen atoms in total. The van der Waals surface area contributed by atoms with E-state index in [0.717, 1.165) is 55.2 Å². The molecule has 0 unspecified atom stereocenters. The molecule has 3 aliphatic rings. The molecule has 1 aromatic rings. The second kappa shape index (κ2) is 7.63. The number of aryl methyl sites for hydroxylation is 1. The minimum absolute atomic E-state index is 0.134. The highest BCUT2D eigenvalue weighted by Gasteiger charge is 2.60. The lowest BCUT2D eigenvalue weighted by Gasteiger charge is -2.53. The molecule has 28 heavy (non-hydrogen) atoms. The zero-order chi connectivity index (χ0) is 20.1. The third-order valence-corrected chi connectivity index (χ3v) is 8.34. The van der Waals surface area contributed by atoms with Crippen LogP contribution in [0.5, 0.6) is 5.75 Å². The summed E-state index contributed by atoms with van der Waals surface area (Å²) in [6, 6.07) is 3.88. The highest BCUT2D eigenvalue weighted by molar-refractivity contribution is 6.17. The molecule has 1 aromatic carbocycles. The van der Waals surface area contributed by atoms with Crippen molar-refractivity contribution in [1.29, 1.82) is 0 Å². The number of halogens is 2. The molecule has 0 heterocycles. The molecule has 0 radical (unpaired) electrons. The van der Waals surface area contributed by atoms with Crippen LogP contribution in [0.25, 0.3) is 0 Å². The van der Waals surface area contributed by atoms with Crippen LogP contribution in [0.15, 0.2) is 12.1 Å². The number of unbranched alkanes of at least 4 members (excludes halogenated alkanes) is 2. The quantitative estimate of drug-likeness (QED) is 0.473. The summed E-state index contributed by atoms with van der Waals surface area (Å²) in [6.07, 6.45) is 6.05. The van der Waals surface area contributed by atoms with E-state index in [-0.39, 0.29) is 23.5 Å². The average Bonchev–Trinajstić information content (AvgIpc) is 2.94. The van der Waals surface area contributed by atoms with Gasteiger partial charge in [0.1, 0.15) is 17.7 Å². The number of aromatic hydroxyl groups is 1. The number of hydrogen-bond acceptors (Lipinski definition) is 2. The van der Waals surface area contributed by atoms with E-state index in [0.29, 0.717) is 30.4 Å². The SMILES string of the molecule is Cc1cc2c(cc1O)C[C@@H](CCCCCCl)[C@@H]1[C@@H]2[C@@H](F)C[C@]2(C)C(=O)CC[C@@H]12. The van der Waals surface area contributed by atoms with E-state index < -0.39 is 11.6 Å². The summed E-state index contributed by atoms with van der Waals surface area (Å²) in [5.41, 5.74) is 2.54. The van der Waals surface area contributed by atoms with Crippen molar-refractivity contribution in [1.82, 2.24) is 0 Å². The average molecular weight is 407 g/mol. The molecule has 6 atom stereocenters. The van der Waals surface area contributed by atoms with Crippen LogP contribution in [0.1, 0.15) is 74.5 Å². The smallest absolute Gasteiger partial charge is 0.139 e. The van der Waals surface area contributed by atoms with Crippen LogP contribution >= 0.6 is 11.6 Å². The molecule has 4 heteroatoms. The molecular weight excluding hydrogens is 375 g/mol. The van der Waals surface area contributed by atoms with Crippen molar-refractivity contribution in [3.05, 3.63) is 28.8 Å². The molecule has 1 N–H and O–H groups in total. The maximum Gasteiger partial charge on any atom is 0.139 e. The second-order valence-electron chi connectivity index (χ2n) is 9.65. The van der Waals surface area contributed by atoms with Gasteiger partial charge in [-0.15, -0.1) is 11.6 Å². The first-order valence-corrected chi connectivity index (χ1v) is 11.5. The van der Waals surface area contributed by atoms with E-state index in [1.165, 1.54) is 0 Å². The molecule has 0 bridgehead atoms. The number of benzene rings is 1. The first kappa shape index (κ1) is 20.2. The van der Waals surface area contributed by atoms with Crippen molar-refractivity contribution in [2.75, 3.05) is 5.88 Å². The fraction of sp³-hybridized carbons (Fsp3) is 0.708. The molecule has 154 valence electrons. The molecule has 0 spiro atoms. The lowest BCUT2D eigenvalue weighted by atomic mass is 9.51. The van der Waals surface area contributed by atoms with Gasteiger partial charge in [0.2, 0.25) is 0 Å². The van der Waals surface area contributed by atoms with E-state index in [1.54, 1.807) is 0 Å². The minimum atomic E-state index is -0.985. The van der Waals surface area contributed by atoms with Crippen molar-refractivity contribution < 1.29 is 14.3 Å². The molecule has 0 amide bonds. The molecular formula is C24H32ClFO2. The maximum atomic E-state index is 15.7. The monoisotopic (exact) mass is 406 g/mol. The van der Waals surface area contributed by atoms with Gasteiger partial charge in [0.25, 0.3) is 0 Å². The normalized spacial score (nSPS) is 36.7. The number of fused-ring (bicyclic) bond motifs is 5. The van der Waals surface area contributed by atoms with Crippen LogP contribution in [0, 0.1) is 30.1 Å². The number of carbonyl (C=O) groups is 1. The lowest BCUT2D eigenvalue weighted by molar-refractivity contribution is -0.132. The third-order valence-electron chi connectivity index (χ3n) is 8.08. The van der Waals surface area contributed by atoms with Gasteiger partial charge in [-0.2, -0.15) is 0 Å². The Morgan fingerprint density at radius 1 is 1.29 bits per heavy atom. The van der Waals surface area contributed by atoms with Crippen molar-refractivity contribution in [2.24, 2.45) is 23.2 Å². The number of carbonyl (C=O) groups excluding carboxylic acids is 1. The first-order chi connectivity index (χ1) is 13.4. The van der Waals surface area contributed by atoms with E-state index in [9.17, 15) is 9.90 Å². The second-order valence-corrected chi connectivity index (χ2v) is 10.0. The van der Waals surface area contributed by atoms with Gasteiger partial charge in [0.15, 0.2) is 0 Å². The fourth-order valence-electron chi connectivity index (χ4n) is 6.67. The largest absolute Gasteiger partial charge is 0.508 e. The van der Waals surface area contributed by atoms with Crippen molar-refractivity contribution in [3.8, 4) is 5.75 Å². The van der Waals surface area contributed by atoms with Crippen LogP contribution in [-0.2, 0) is 11.2 Å². The van der Waals surface area contributed by atoms with Crippen molar-refractivity contribution >= 4 is 17.4 Å². The highest BCUT2D eigenvalue weighted by atomic mass is 35.5. The molecule has 0 aliphatic heterocycles. The zero-order valence-electron chi connectivity index (χ0n) is 17.0. The summed E-state index contributed by atoms with van der Waals surface area (Å²) in [5, 5.41) is 10.2. The number of phenols is 1. The van der Waals surface area contributed by atoms with E-state index in [4.69, 9.17) is 11.6 Å². The van der Waals surface area contributed by atoms with Gasteiger partial charge in [0.05, 0.1) is 0 Å². The lowest BCUT2D eigenvalue weighted by Crippen LogP contribution is -2.50. The van der Waals surface area contributed by atoms with Gasteiger partial charge in [-0.3, -0.25) is 4.79 Å². The van der Waals surface area contributed by atoms with Crippen LogP contribution < -0.4 is 0 Å². The summed E-state index contributed by atoms with van der Waals surface area (Å²) in [4.78, 5) is 12.7. The molecule has 4 rings (SSSR count). The van der Waals surface area contributed by atoms with Gasteiger partial charge in [-0.1, -0.05) is 25.8 Å². The van der Waals surface area contributed by atoms with Gasteiger partial charge in [0, 0.05) is 23.6 Å². The van der Waals surface area contributed by atoms with Gasteiger partial charge in [-0.25, -0.2) is 4.39 Å². The Bertz CT molecular complexity index is 763. The number of Topliss-reactive ketones (excluding diaryl/α,β-unsaturated/α-hetero) is 1. The number of rotatable bonds is 5. The first-order valence-electron chi connectivity index (χ1n) is 10.9. The predicted octanol–water partition coefficient (Wildman–Crippen LogP) is 6.10. The Kier molecular flexibility index (Phi) is 5.50. The summed E-state index contributed by atoms with van der Waals surface area (Å²) >= 11 is 5.84. The molecule has 0 aromatic heterocycles. The van der Waals surface area contributed by atoms with Crippen molar-refractivity contribution in [3.63, 3.8) is 0 Å². The zero-order valence-corrected chi connectivity index (χ0v) is 17.8. The number of ketones is 1. The van der Waals surface area contributed by atoms with Crippen LogP contribution in [0.4, 0.5) is 4.39 Å². The van der Waals surface area contributed by atoms with Gasteiger partial charge in [-0.05, 0) is 79.5 Å². The molecule has 0 saturated heterocycles. The third kappa shape index (κ3) is 3.18. The standard InChI is InChI=1S/C24H32ClFO2/c1-14-10-17-16(12-20(14)27)11-15(6-4-3-5-9-25)22-18-7-8-21(28)24(18,2)13-19(26)23(17)22/h10,12,15,18-19,22-23,27H,3-9,11,13H2,1-2H3/t15-,18+,19+,22+,23+,24+/m1/s1. The number of alkyl halides is 2. The Labute approximate surface area is 172 Å². The van der Waals surface area contributed by atoms with Crippen LogP contribution in [-0.4, -0.2) is 22.9 Å². The number of phenolic OH excluding ortho intramolecular Hbond substituents is 1. The highest BCUT2D eigenvalue weighted by Crippen LogP contribution is 2.62. The Morgan fingerprint density at radius 2 is 2.07 bits per heavy atom. The van der Waals surface area contributed by atoms with Crippen LogP contribution in [0.2, 0.25) is 0 Å².